The van der Waals surface area contributed by atoms with Crippen molar-refractivity contribution in [3.8, 4) is 11.5 Å². The number of benzene rings is 2. The Morgan fingerprint density at radius 1 is 1.06 bits per heavy atom. The van der Waals surface area contributed by atoms with Crippen molar-refractivity contribution < 1.29 is 24.2 Å². The summed E-state index contributed by atoms with van der Waals surface area (Å²) in [6.45, 7) is 2.13. The highest BCUT2D eigenvalue weighted by molar-refractivity contribution is 7.99. The lowest BCUT2D eigenvalue weighted by molar-refractivity contribution is -0.122. The smallest absolute Gasteiger partial charge is 0.240 e. The Hall–Kier alpha value is -3.50. The van der Waals surface area contributed by atoms with Gasteiger partial charge in [-0.2, -0.15) is 0 Å². The molecular weight excluding hydrogens is 456 g/mol. The van der Waals surface area contributed by atoms with Crippen LogP contribution in [0, 0.1) is 6.92 Å². The van der Waals surface area contributed by atoms with E-state index in [1.807, 2.05) is 31.2 Å². The van der Waals surface area contributed by atoms with Crippen molar-refractivity contribution in [3.63, 3.8) is 0 Å². The van der Waals surface area contributed by atoms with Crippen molar-refractivity contribution in [3.05, 3.63) is 65.5 Å². The van der Waals surface area contributed by atoms with Crippen molar-refractivity contribution in [1.29, 1.82) is 0 Å². The van der Waals surface area contributed by atoms with Gasteiger partial charge in [-0.15, -0.1) is 0 Å². The second-order valence-corrected chi connectivity index (χ2v) is 8.39. The summed E-state index contributed by atoms with van der Waals surface area (Å²) in [7, 11) is 3.06. The number of rotatable bonds is 11. The summed E-state index contributed by atoms with van der Waals surface area (Å²) < 4.78 is 12.1. The van der Waals surface area contributed by atoms with Crippen molar-refractivity contribution in [2.75, 3.05) is 25.3 Å². The lowest BCUT2D eigenvalue weighted by Crippen LogP contribution is -2.28. The summed E-state index contributed by atoms with van der Waals surface area (Å²) in [6, 6.07) is 13.0. The van der Waals surface area contributed by atoms with E-state index in [9.17, 15) is 14.7 Å². The number of amides is 2. The third kappa shape index (κ3) is 6.75. The third-order valence-electron chi connectivity index (χ3n) is 4.98. The van der Waals surface area contributed by atoms with Gasteiger partial charge in [0.05, 0.1) is 38.5 Å². The molecule has 1 heterocycles. The second kappa shape index (κ2) is 12.1. The number of thioether (sulfide) groups is 1. The highest BCUT2D eigenvalue weighted by atomic mass is 32.2. The Labute approximate surface area is 202 Å². The van der Waals surface area contributed by atoms with Crippen molar-refractivity contribution in [1.82, 2.24) is 14.9 Å². The summed E-state index contributed by atoms with van der Waals surface area (Å²) in [6.07, 6.45) is 1.50. The molecular formula is C24H28N4O5S. The van der Waals surface area contributed by atoms with Gasteiger partial charge in [-0.05, 0) is 24.6 Å². The SMILES string of the molecule is COc1ccc(NC(=O)CSc2ncc(CO)n2CC(=O)NCc2ccc(C)cc2)cc1OC. The Kier molecular flexibility index (Phi) is 8.94. The van der Waals surface area contributed by atoms with Gasteiger partial charge in [0.15, 0.2) is 16.7 Å². The van der Waals surface area contributed by atoms with Crippen molar-refractivity contribution in [2.24, 2.45) is 0 Å². The monoisotopic (exact) mass is 484 g/mol. The molecule has 9 nitrogen and oxygen atoms in total. The number of nitrogens with zero attached hydrogens (tertiary/aromatic N) is 2. The summed E-state index contributed by atoms with van der Waals surface area (Å²) in [5, 5.41) is 15.8. The highest BCUT2D eigenvalue weighted by Gasteiger charge is 2.15. The molecule has 0 saturated heterocycles. The fourth-order valence-corrected chi connectivity index (χ4v) is 3.95. The quantitative estimate of drug-likeness (QED) is 0.359. The third-order valence-corrected chi connectivity index (χ3v) is 5.97. The Morgan fingerprint density at radius 3 is 2.47 bits per heavy atom. The van der Waals surface area contributed by atoms with Gasteiger partial charge in [0, 0.05) is 18.3 Å². The molecule has 0 spiro atoms. The first-order valence-electron chi connectivity index (χ1n) is 10.6. The molecule has 0 atom stereocenters. The molecule has 0 saturated carbocycles. The van der Waals surface area contributed by atoms with E-state index in [0.29, 0.717) is 34.6 Å². The molecule has 3 N–H and O–H groups in total. The Balaban J connectivity index is 1.58. The van der Waals surface area contributed by atoms with E-state index in [1.54, 1.807) is 22.8 Å². The maximum atomic E-state index is 12.5. The molecule has 0 aliphatic heterocycles. The lowest BCUT2D eigenvalue weighted by Gasteiger charge is -2.12. The number of aryl methyl sites for hydroxylation is 1. The standard InChI is InChI=1S/C24H28N4O5S/c1-16-4-6-17(7-5-16)11-25-22(30)13-28-19(14-29)12-26-24(28)34-15-23(31)27-18-8-9-20(32-2)21(10-18)33-3/h4-10,12,29H,11,13-15H2,1-3H3,(H,25,30)(H,27,31). The number of aliphatic hydroxyl groups is 1. The van der Waals surface area contributed by atoms with E-state index in [1.165, 1.54) is 32.2 Å². The number of anilines is 1. The number of carbonyl (C=O) groups is 2. The van der Waals surface area contributed by atoms with Gasteiger partial charge in [-0.1, -0.05) is 41.6 Å². The van der Waals surface area contributed by atoms with Gasteiger partial charge in [0.1, 0.15) is 6.54 Å². The molecule has 3 aromatic rings. The van der Waals surface area contributed by atoms with Crippen LogP contribution < -0.4 is 20.1 Å². The predicted molar refractivity (Wildman–Crippen MR) is 130 cm³/mol. The number of carbonyl (C=O) groups excluding carboxylic acids is 2. The minimum atomic E-state index is -0.267. The van der Waals surface area contributed by atoms with Crippen LogP contribution in [-0.2, 0) is 29.3 Å². The second-order valence-electron chi connectivity index (χ2n) is 7.45. The number of nitrogens with one attached hydrogen (secondary N) is 2. The van der Waals surface area contributed by atoms with Gasteiger partial charge in [0.2, 0.25) is 11.8 Å². The molecule has 3 rings (SSSR count). The highest BCUT2D eigenvalue weighted by Crippen LogP contribution is 2.30. The number of methoxy groups -OCH3 is 2. The van der Waals surface area contributed by atoms with Gasteiger partial charge in [-0.25, -0.2) is 4.98 Å². The van der Waals surface area contributed by atoms with Gasteiger partial charge in [0.25, 0.3) is 0 Å². The fourth-order valence-electron chi connectivity index (χ4n) is 3.15. The molecule has 2 amide bonds. The largest absolute Gasteiger partial charge is 0.493 e. The van der Waals surface area contributed by atoms with E-state index in [-0.39, 0.29) is 30.7 Å². The number of imidazole rings is 1. The van der Waals surface area contributed by atoms with Crippen LogP contribution in [0.25, 0.3) is 0 Å². The van der Waals surface area contributed by atoms with E-state index < -0.39 is 0 Å². The summed E-state index contributed by atoms with van der Waals surface area (Å²) >= 11 is 1.18. The number of aromatic nitrogens is 2. The summed E-state index contributed by atoms with van der Waals surface area (Å²) in [5.74, 6) is 0.675. The average Bonchev–Trinajstić information content (AvgIpc) is 3.23. The first-order valence-corrected chi connectivity index (χ1v) is 11.5. The fraction of sp³-hybridized carbons (Fsp3) is 0.292. The normalized spacial score (nSPS) is 10.6. The molecule has 0 bridgehead atoms. The first-order chi connectivity index (χ1) is 16.4. The molecule has 0 aliphatic rings. The van der Waals surface area contributed by atoms with Crippen LogP contribution in [0.5, 0.6) is 11.5 Å². The van der Waals surface area contributed by atoms with E-state index >= 15 is 0 Å². The van der Waals surface area contributed by atoms with E-state index in [4.69, 9.17) is 9.47 Å². The molecule has 180 valence electrons. The molecule has 1 aromatic heterocycles. The number of ether oxygens (including phenoxy) is 2. The topological polar surface area (TPSA) is 115 Å². The van der Waals surface area contributed by atoms with Crippen LogP contribution >= 0.6 is 11.8 Å². The number of hydrogen-bond donors (Lipinski definition) is 3. The van der Waals surface area contributed by atoms with Crippen LogP contribution in [0.15, 0.2) is 53.8 Å². The van der Waals surface area contributed by atoms with E-state index in [2.05, 4.69) is 15.6 Å². The van der Waals surface area contributed by atoms with Crippen LogP contribution in [-0.4, -0.2) is 46.4 Å². The van der Waals surface area contributed by atoms with Crippen LogP contribution in [0.4, 0.5) is 5.69 Å². The van der Waals surface area contributed by atoms with Crippen LogP contribution in [0.1, 0.15) is 16.8 Å². The zero-order valence-corrected chi connectivity index (χ0v) is 20.1. The Bertz CT molecular complexity index is 1130. The molecule has 0 unspecified atom stereocenters. The first kappa shape index (κ1) is 25.1. The van der Waals surface area contributed by atoms with Crippen molar-refractivity contribution in [2.45, 2.75) is 31.8 Å². The van der Waals surface area contributed by atoms with Gasteiger partial charge < -0.3 is 29.8 Å². The number of hydrogen-bond acceptors (Lipinski definition) is 7. The van der Waals surface area contributed by atoms with E-state index in [0.717, 1.165) is 11.1 Å². The molecule has 34 heavy (non-hydrogen) atoms. The minimum Gasteiger partial charge on any atom is -0.493 e. The van der Waals surface area contributed by atoms with Crippen LogP contribution in [0.3, 0.4) is 0 Å². The van der Waals surface area contributed by atoms with Gasteiger partial charge >= 0.3 is 0 Å². The molecule has 0 radical (unpaired) electrons. The Morgan fingerprint density at radius 2 is 1.79 bits per heavy atom. The minimum absolute atomic E-state index is 0.0125. The molecule has 0 fully saturated rings. The lowest BCUT2D eigenvalue weighted by atomic mass is 10.1. The average molecular weight is 485 g/mol. The summed E-state index contributed by atoms with van der Waals surface area (Å²) in [4.78, 5) is 29.2. The summed E-state index contributed by atoms with van der Waals surface area (Å²) in [5.41, 5.74) is 3.21. The van der Waals surface area contributed by atoms with Crippen molar-refractivity contribution >= 4 is 29.3 Å². The zero-order chi connectivity index (χ0) is 24.5. The maximum absolute atomic E-state index is 12.5. The maximum Gasteiger partial charge on any atom is 0.240 e. The van der Waals surface area contributed by atoms with Gasteiger partial charge in [-0.3, -0.25) is 9.59 Å². The number of aliphatic hydroxyl groups excluding tert-OH is 1. The predicted octanol–water partition coefficient (Wildman–Crippen LogP) is 2.75. The van der Waals surface area contributed by atoms with Crippen LogP contribution in [0.2, 0.25) is 0 Å². The zero-order valence-electron chi connectivity index (χ0n) is 19.3. The molecule has 2 aromatic carbocycles. The molecule has 0 aliphatic carbocycles. The molecule has 10 heteroatoms.